The quantitative estimate of drug-likeness (QED) is 0.815. The average molecular weight is 370 g/mol. The molecule has 10 heteroatoms. The highest BCUT2D eigenvalue weighted by Gasteiger charge is 2.33. The van der Waals surface area contributed by atoms with Crippen molar-refractivity contribution in [2.45, 2.75) is 13.0 Å². The minimum Gasteiger partial charge on any atom is -0.442 e. The van der Waals surface area contributed by atoms with Gasteiger partial charge in [-0.25, -0.2) is 19.1 Å². The van der Waals surface area contributed by atoms with Crippen LogP contribution in [0.4, 0.5) is 25.0 Å². The SMILES string of the molecule is CC(=O)NC[C@H]1CN(c2cc(F)c(N3CCNOCC3)c(F)c2)C(=O)O1. The number of carbonyl (C=O) groups is 2. The first-order valence-corrected chi connectivity index (χ1v) is 8.27. The topological polar surface area (TPSA) is 83.1 Å². The van der Waals surface area contributed by atoms with Crippen LogP contribution in [0.15, 0.2) is 12.1 Å². The molecule has 2 aliphatic rings. The summed E-state index contributed by atoms with van der Waals surface area (Å²) in [7, 11) is 0. The molecule has 0 aromatic heterocycles. The van der Waals surface area contributed by atoms with E-state index in [2.05, 4.69) is 10.8 Å². The molecule has 2 aliphatic heterocycles. The van der Waals surface area contributed by atoms with E-state index >= 15 is 0 Å². The number of hydroxylamine groups is 1. The smallest absolute Gasteiger partial charge is 0.414 e. The van der Waals surface area contributed by atoms with Crippen LogP contribution in [-0.2, 0) is 14.4 Å². The van der Waals surface area contributed by atoms with Crippen LogP contribution in [0.1, 0.15) is 6.92 Å². The number of halogens is 2. The van der Waals surface area contributed by atoms with Crippen molar-refractivity contribution in [3.05, 3.63) is 23.8 Å². The van der Waals surface area contributed by atoms with Gasteiger partial charge < -0.3 is 15.0 Å². The van der Waals surface area contributed by atoms with Crippen LogP contribution in [0.2, 0.25) is 0 Å². The van der Waals surface area contributed by atoms with Crippen LogP contribution in [0, 0.1) is 11.6 Å². The molecule has 2 N–H and O–H groups in total. The van der Waals surface area contributed by atoms with Gasteiger partial charge in [-0.05, 0) is 0 Å². The van der Waals surface area contributed by atoms with Crippen molar-refractivity contribution in [2.75, 3.05) is 49.1 Å². The highest BCUT2D eigenvalue weighted by molar-refractivity contribution is 5.90. The lowest BCUT2D eigenvalue weighted by atomic mass is 10.2. The van der Waals surface area contributed by atoms with Crippen LogP contribution in [0.25, 0.3) is 0 Å². The third-order valence-electron chi connectivity index (χ3n) is 4.13. The third-order valence-corrected chi connectivity index (χ3v) is 4.13. The van der Waals surface area contributed by atoms with E-state index in [1.165, 1.54) is 6.92 Å². The van der Waals surface area contributed by atoms with Crippen molar-refractivity contribution >= 4 is 23.4 Å². The van der Waals surface area contributed by atoms with Gasteiger partial charge in [0.25, 0.3) is 0 Å². The Morgan fingerprint density at radius 1 is 1.35 bits per heavy atom. The molecule has 0 unspecified atom stereocenters. The van der Waals surface area contributed by atoms with Gasteiger partial charge in [-0.3, -0.25) is 14.5 Å². The van der Waals surface area contributed by atoms with Crippen LogP contribution in [0.5, 0.6) is 0 Å². The molecule has 2 heterocycles. The largest absolute Gasteiger partial charge is 0.442 e. The molecular formula is C16H20F2N4O4. The Morgan fingerprint density at radius 3 is 2.77 bits per heavy atom. The summed E-state index contributed by atoms with van der Waals surface area (Å²) in [5.74, 6) is -1.78. The second-order valence-corrected chi connectivity index (χ2v) is 6.04. The van der Waals surface area contributed by atoms with Gasteiger partial charge in [-0.1, -0.05) is 0 Å². The maximum Gasteiger partial charge on any atom is 0.414 e. The van der Waals surface area contributed by atoms with E-state index in [0.29, 0.717) is 26.2 Å². The molecule has 3 rings (SSSR count). The van der Waals surface area contributed by atoms with Crippen molar-refractivity contribution in [3.8, 4) is 0 Å². The number of nitrogens with one attached hydrogen (secondary N) is 2. The summed E-state index contributed by atoms with van der Waals surface area (Å²) in [6.45, 7) is 3.04. The number of cyclic esters (lactones) is 1. The Hall–Kier alpha value is -2.46. The molecule has 0 spiro atoms. The number of hydrogen-bond acceptors (Lipinski definition) is 6. The Bertz CT molecular complexity index is 672. The van der Waals surface area contributed by atoms with Gasteiger partial charge in [0.2, 0.25) is 5.91 Å². The fraction of sp³-hybridized carbons (Fsp3) is 0.500. The first kappa shape index (κ1) is 18.3. The van der Waals surface area contributed by atoms with Gasteiger partial charge in [0.05, 0.1) is 25.4 Å². The van der Waals surface area contributed by atoms with Gasteiger partial charge >= 0.3 is 6.09 Å². The predicted molar refractivity (Wildman–Crippen MR) is 88.8 cm³/mol. The van der Waals surface area contributed by atoms with Gasteiger partial charge in [-0.2, -0.15) is 0 Å². The molecule has 1 aromatic carbocycles. The van der Waals surface area contributed by atoms with Crippen molar-refractivity contribution in [1.82, 2.24) is 10.8 Å². The number of carbonyl (C=O) groups excluding carboxylic acids is 2. The maximum atomic E-state index is 14.6. The summed E-state index contributed by atoms with van der Waals surface area (Å²) in [5.41, 5.74) is 2.61. The summed E-state index contributed by atoms with van der Waals surface area (Å²) >= 11 is 0. The van der Waals surface area contributed by atoms with Gasteiger partial charge in [0, 0.05) is 38.7 Å². The molecular weight excluding hydrogens is 350 g/mol. The Morgan fingerprint density at radius 2 is 2.08 bits per heavy atom. The Kier molecular flexibility index (Phi) is 5.52. The highest BCUT2D eigenvalue weighted by atomic mass is 19.1. The zero-order valence-electron chi connectivity index (χ0n) is 14.3. The normalized spacial score (nSPS) is 20.7. The standard InChI is InChI=1S/C16H20F2N4O4/c1-10(23)19-8-12-9-22(16(24)26-12)11-6-13(17)15(14(18)7-11)21-3-2-20-25-5-4-21/h6-7,12,20H,2-5,8-9H2,1H3,(H,19,23)/t12-/m0/s1. The third kappa shape index (κ3) is 4.02. The van der Waals surface area contributed by atoms with Crippen molar-refractivity contribution in [1.29, 1.82) is 0 Å². The number of nitrogens with zero attached hydrogens (tertiary/aromatic N) is 2. The molecule has 2 fully saturated rings. The van der Waals surface area contributed by atoms with E-state index in [9.17, 15) is 18.4 Å². The van der Waals surface area contributed by atoms with Gasteiger partial charge in [0.15, 0.2) is 11.6 Å². The van der Waals surface area contributed by atoms with E-state index in [1.807, 2.05) is 0 Å². The molecule has 0 radical (unpaired) electrons. The van der Waals surface area contributed by atoms with E-state index in [0.717, 1.165) is 17.0 Å². The minimum atomic E-state index is -0.764. The lowest BCUT2D eigenvalue weighted by molar-refractivity contribution is -0.119. The number of hydrogen-bond donors (Lipinski definition) is 2. The van der Waals surface area contributed by atoms with E-state index in [-0.39, 0.29) is 30.4 Å². The zero-order valence-corrected chi connectivity index (χ0v) is 14.3. The van der Waals surface area contributed by atoms with Crippen LogP contribution >= 0.6 is 0 Å². The van der Waals surface area contributed by atoms with Crippen LogP contribution in [0.3, 0.4) is 0 Å². The summed E-state index contributed by atoms with van der Waals surface area (Å²) < 4.78 is 34.3. The van der Waals surface area contributed by atoms with Crippen molar-refractivity contribution in [2.24, 2.45) is 0 Å². The number of ether oxygens (including phenoxy) is 1. The Labute approximate surface area is 149 Å². The van der Waals surface area contributed by atoms with E-state index < -0.39 is 23.8 Å². The molecule has 1 atom stereocenters. The molecule has 8 nitrogen and oxygen atoms in total. The zero-order chi connectivity index (χ0) is 18.7. The van der Waals surface area contributed by atoms with E-state index in [4.69, 9.17) is 9.57 Å². The molecule has 142 valence electrons. The number of amides is 2. The first-order chi connectivity index (χ1) is 12.5. The predicted octanol–water partition coefficient (Wildman–Crippen LogP) is 0.767. The monoisotopic (exact) mass is 370 g/mol. The fourth-order valence-electron chi connectivity index (χ4n) is 2.92. The molecule has 0 aliphatic carbocycles. The van der Waals surface area contributed by atoms with Gasteiger partial charge in [-0.15, -0.1) is 0 Å². The molecule has 0 saturated carbocycles. The minimum absolute atomic E-state index is 0.0725. The summed E-state index contributed by atoms with van der Waals surface area (Å²) in [6, 6.07) is 2.22. The Balaban J connectivity index is 1.77. The fourth-order valence-corrected chi connectivity index (χ4v) is 2.92. The molecule has 0 bridgehead atoms. The summed E-state index contributed by atoms with van der Waals surface area (Å²) in [5, 5.41) is 2.55. The number of anilines is 2. The van der Waals surface area contributed by atoms with Crippen LogP contribution < -0.4 is 20.6 Å². The molecule has 26 heavy (non-hydrogen) atoms. The second kappa shape index (κ2) is 7.83. The number of benzene rings is 1. The highest BCUT2D eigenvalue weighted by Crippen LogP contribution is 2.31. The molecule has 2 saturated heterocycles. The molecule has 2 amide bonds. The average Bonchev–Trinajstić information content (AvgIpc) is 2.77. The summed E-state index contributed by atoms with van der Waals surface area (Å²) in [4.78, 5) is 30.7. The molecule has 1 aromatic rings. The van der Waals surface area contributed by atoms with Crippen LogP contribution in [-0.4, -0.2) is 57.4 Å². The number of rotatable bonds is 4. The van der Waals surface area contributed by atoms with Crippen molar-refractivity contribution < 1.29 is 27.9 Å². The first-order valence-electron chi connectivity index (χ1n) is 8.27. The lowest BCUT2D eigenvalue weighted by Crippen LogP contribution is -2.33. The summed E-state index contributed by atoms with van der Waals surface area (Å²) in [6.07, 6.45) is -1.29. The van der Waals surface area contributed by atoms with E-state index in [1.54, 1.807) is 4.90 Å². The second-order valence-electron chi connectivity index (χ2n) is 6.04. The maximum absolute atomic E-state index is 14.6. The van der Waals surface area contributed by atoms with Gasteiger partial charge in [0.1, 0.15) is 11.8 Å². The van der Waals surface area contributed by atoms with Crippen molar-refractivity contribution in [3.63, 3.8) is 0 Å². The lowest BCUT2D eigenvalue weighted by Gasteiger charge is -2.24.